The molecular weight excluding hydrogens is 236 g/mol. The van der Waals surface area contributed by atoms with Crippen molar-refractivity contribution in [3.05, 3.63) is 12.7 Å². The predicted molar refractivity (Wildman–Crippen MR) is 68.3 cm³/mol. The van der Waals surface area contributed by atoms with Crippen molar-refractivity contribution in [3.63, 3.8) is 0 Å². The van der Waals surface area contributed by atoms with Crippen LogP contribution in [0.25, 0.3) is 0 Å². The molecule has 104 valence electrons. The standard InChI is InChI=1S/C12H22N2O4/c1-6-7-14(9-13(5)8-10(15)16)11(17)18-12(2,3)4/h6H,1,7-9H2,2-5H3,(H,15,16). The molecule has 18 heavy (non-hydrogen) atoms. The lowest BCUT2D eigenvalue weighted by atomic mass is 10.2. The molecule has 1 amide bonds. The molecule has 0 aromatic heterocycles. The fraction of sp³-hybridized carbons (Fsp3) is 0.667. The molecule has 0 atom stereocenters. The van der Waals surface area contributed by atoms with Crippen LogP contribution in [0.2, 0.25) is 0 Å². The van der Waals surface area contributed by atoms with Crippen LogP contribution >= 0.6 is 0 Å². The van der Waals surface area contributed by atoms with Crippen LogP contribution in [-0.2, 0) is 9.53 Å². The molecule has 0 saturated heterocycles. The van der Waals surface area contributed by atoms with Crippen molar-refractivity contribution in [2.75, 3.05) is 26.8 Å². The van der Waals surface area contributed by atoms with Crippen LogP contribution < -0.4 is 0 Å². The Labute approximate surface area is 108 Å². The first-order valence-electron chi connectivity index (χ1n) is 5.65. The number of nitrogens with zero attached hydrogens (tertiary/aromatic N) is 2. The Morgan fingerprint density at radius 3 is 2.33 bits per heavy atom. The molecule has 0 radical (unpaired) electrons. The van der Waals surface area contributed by atoms with E-state index < -0.39 is 17.7 Å². The highest BCUT2D eigenvalue weighted by Crippen LogP contribution is 2.10. The van der Waals surface area contributed by atoms with E-state index in [1.807, 2.05) is 0 Å². The number of likely N-dealkylation sites (N-methyl/N-ethyl adjacent to an activating group) is 1. The van der Waals surface area contributed by atoms with E-state index in [2.05, 4.69) is 6.58 Å². The lowest BCUT2D eigenvalue weighted by molar-refractivity contribution is -0.138. The molecule has 6 heteroatoms. The lowest BCUT2D eigenvalue weighted by Gasteiger charge is -2.29. The number of hydrogen-bond donors (Lipinski definition) is 1. The third kappa shape index (κ3) is 7.67. The monoisotopic (exact) mass is 258 g/mol. The minimum absolute atomic E-state index is 0.142. The maximum atomic E-state index is 11.9. The smallest absolute Gasteiger partial charge is 0.411 e. The van der Waals surface area contributed by atoms with E-state index in [0.717, 1.165) is 0 Å². The average molecular weight is 258 g/mol. The molecule has 1 N–H and O–H groups in total. The predicted octanol–water partition coefficient (Wildman–Crippen LogP) is 1.38. The summed E-state index contributed by atoms with van der Waals surface area (Å²) in [5, 5.41) is 8.66. The Balaban J connectivity index is 4.50. The summed E-state index contributed by atoms with van der Waals surface area (Å²) in [5.74, 6) is -0.944. The van der Waals surface area contributed by atoms with Crippen LogP contribution in [-0.4, -0.2) is 59.4 Å². The Bertz CT molecular complexity index is 310. The van der Waals surface area contributed by atoms with Crippen LogP contribution in [0, 0.1) is 0 Å². The van der Waals surface area contributed by atoms with Gasteiger partial charge in [-0.3, -0.25) is 14.6 Å². The zero-order valence-corrected chi connectivity index (χ0v) is 11.5. The molecule has 0 bridgehead atoms. The third-order valence-corrected chi connectivity index (χ3v) is 1.82. The summed E-state index contributed by atoms with van der Waals surface area (Å²) < 4.78 is 5.22. The van der Waals surface area contributed by atoms with Crippen molar-refractivity contribution in [2.45, 2.75) is 26.4 Å². The van der Waals surface area contributed by atoms with Gasteiger partial charge in [0.2, 0.25) is 0 Å². The normalized spacial score (nSPS) is 11.2. The molecular formula is C12H22N2O4. The van der Waals surface area contributed by atoms with Gasteiger partial charge in [0.05, 0.1) is 13.2 Å². The van der Waals surface area contributed by atoms with Gasteiger partial charge in [-0.15, -0.1) is 6.58 Å². The summed E-state index contributed by atoms with van der Waals surface area (Å²) in [4.78, 5) is 25.3. The summed E-state index contributed by atoms with van der Waals surface area (Å²) in [6.45, 7) is 9.23. The number of ether oxygens (including phenoxy) is 1. The quantitative estimate of drug-likeness (QED) is 0.576. The maximum Gasteiger partial charge on any atom is 0.411 e. The van der Waals surface area contributed by atoms with E-state index in [1.54, 1.807) is 33.9 Å². The second kappa shape index (κ2) is 7.00. The van der Waals surface area contributed by atoms with Crippen molar-refractivity contribution in [1.82, 2.24) is 9.80 Å². The minimum Gasteiger partial charge on any atom is -0.480 e. The highest BCUT2D eigenvalue weighted by atomic mass is 16.6. The Hall–Kier alpha value is -1.56. The maximum absolute atomic E-state index is 11.9. The van der Waals surface area contributed by atoms with Crippen molar-refractivity contribution >= 4 is 12.1 Å². The second-order valence-corrected chi connectivity index (χ2v) is 5.04. The largest absolute Gasteiger partial charge is 0.480 e. The summed E-state index contributed by atoms with van der Waals surface area (Å²) >= 11 is 0. The minimum atomic E-state index is -0.944. The molecule has 0 spiro atoms. The first kappa shape index (κ1) is 16.4. The molecule has 0 fully saturated rings. The van der Waals surface area contributed by atoms with Gasteiger partial charge in [0, 0.05) is 6.54 Å². The van der Waals surface area contributed by atoms with Gasteiger partial charge in [0.25, 0.3) is 0 Å². The summed E-state index contributed by atoms with van der Waals surface area (Å²) in [6, 6.07) is 0. The summed E-state index contributed by atoms with van der Waals surface area (Å²) in [6.07, 6.45) is 1.08. The molecule has 0 aromatic rings. The van der Waals surface area contributed by atoms with Crippen LogP contribution in [0.5, 0.6) is 0 Å². The van der Waals surface area contributed by atoms with Gasteiger partial charge in [0.15, 0.2) is 0 Å². The molecule has 0 aliphatic carbocycles. The van der Waals surface area contributed by atoms with E-state index in [1.165, 1.54) is 9.80 Å². The number of carboxylic acid groups (broad SMARTS) is 1. The SMILES string of the molecule is C=CCN(CN(C)CC(=O)O)C(=O)OC(C)(C)C. The first-order chi connectivity index (χ1) is 8.15. The van der Waals surface area contributed by atoms with Crippen molar-refractivity contribution in [1.29, 1.82) is 0 Å². The number of aliphatic carboxylic acids is 1. The van der Waals surface area contributed by atoms with Crippen LogP contribution in [0.4, 0.5) is 4.79 Å². The highest BCUT2D eigenvalue weighted by molar-refractivity contribution is 5.70. The van der Waals surface area contributed by atoms with E-state index in [4.69, 9.17) is 9.84 Å². The Morgan fingerprint density at radius 1 is 1.39 bits per heavy atom. The van der Waals surface area contributed by atoms with Gasteiger partial charge in [-0.1, -0.05) is 6.08 Å². The molecule has 0 unspecified atom stereocenters. The van der Waals surface area contributed by atoms with Gasteiger partial charge < -0.3 is 9.84 Å². The van der Waals surface area contributed by atoms with Gasteiger partial charge >= 0.3 is 12.1 Å². The summed E-state index contributed by atoms with van der Waals surface area (Å²) in [5.41, 5.74) is -0.581. The third-order valence-electron chi connectivity index (χ3n) is 1.82. The van der Waals surface area contributed by atoms with Gasteiger partial charge in [0.1, 0.15) is 5.60 Å². The molecule has 0 aliphatic heterocycles. The number of hydrogen-bond acceptors (Lipinski definition) is 4. The zero-order valence-electron chi connectivity index (χ0n) is 11.5. The topological polar surface area (TPSA) is 70.1 Å². The number of carbonyl (C=O) groups excluding carboxylic acids is 1. The number of amides is 1. The molecule has 0 aliphatic rings. The summed E-state index contributed by atoms with van der Waals surface area (Å²) in [7, 11) is 1.62. The van der Waals surface area contributed by atoms with Gasteiger partial charge in [-0.25, -0.2) is 4.79 Å². The number of carbonyl (C=O) groups is 2. The molecule has 0 saturated carbocycles. The molecule has 6 nitrogen and oxygen atoms in total. The Kier molecular flexibility index (Phi) is 6.40. The van der Waals surface area contributed by atoms with E-state index >= 15 is 0 Å². The number of carboxylic acids is 1. The molecule has 0 heterocycles. The van der Waals surface area contributed by atoms with Crippen molar-refractivity contribution in [2.24, 2.45) is 0 Å². The van der Waals surface area contributed by atoms with Gasteiger partial charge in [-0.05, 0) is 27.8 Å². The highest BCUT2D eigenvalue weighted by Gasteiger charge is 2.22. The first-order valence-corrected chi connectivity index (χ1v) is 5.65. The Morgan fingerprint density at radius 2 is 1.94 bits per heavy atom. The zero-order chi connectivity index (χ0) is 14.3. The van der Waals surface area contributed by atoms with Crippen molar-refractivity contribution < 1.29 is 19.4 Å². The van der Waals surface area contributed by atoms with E-state index in [9.17, 15) is 9.59 Å². The van der Waals surface area contributed by atoms with E-state index in [0.29, 0.717) is 6.54 Å². The fourth-order valence-corrected chi connectivity index (χ4v) is 1.24. The lowest BCUT2D eigenvalue weighted by Crippen LogP contribution is -2.44. The molecule has 0 aromatic carbocycles. The van der Waals surface area contributed by atoms with Gasteiger partial charge in [-0.2, -0.15) is 0 Å². The molecule has 0 rings (SSSR count). The van der Waals surface area contributed by atoms with Crippen molar-refractivity contribution in [3.8, 4) is 0 Å². The fourth-order valence-electron chi connectivity index (χ4n) is 1.24. The van der Waals surface area contributed by atoms with E-state index in [-0.39, 0.29) is 13.2 Å². The average Bonchev–Trinajstić information content (AvgIpc) is 2.12. The van der Waals surface area contributed by atoms with Crippen LogP contribution in [0.15, 0.2) is 12.7 Å². The van der Waals surface area contributed by atoms with Crippen LogP contribution in [0.1, 0.15) is 20.8 Å². The number of rotatable bonds is 6. The second-order valence-electron chi connectivity index (χ2n) is 5.04. The van der Waals surface area contributed by atoms with Crippen LogP contribution in [0.3, 0.4) is 0 Å².